The van der Waals surface area contributed by atoms with E-state index in [2.05, 4.69) is 5.32 Å². The van der Waals surface area contributed by atoms with Gasteiger partial charge in [0.25, 0.3) is 5.91 Å². The van der Waals surface area contributed by atoms with Gasteiger partial charge in [0.1, 0.15) is 12.4 Å². The Hall–Kier alpha value is -2.80. The van der Waals surface area contributed by atoms with Gasteiger partial charge in [-0.3, -0.25) is 4.79 Å². The van der Waals surface area contributed by atoms with Crippen LogP contribution >= 0.6 is 11.3 Å². The maximum Gasteiger partial charge on any atom is 0.265 e. The molecule has 7 heteroatoms. The second-order valence-corrected chi connectivity index (χ2v) is 6.48. The Bertz CT molecular complexity index is 1000. The molecule has 2 aromatic carbocycles. The van der Waals surface area contributed by atoms with Gasteiger partial charge in [-0.05, 0) is 30.3 Å². The van der Waals surface area contributed by atoms with E-state index in [9.17, 15) is 18.0 Å². The molecule has 2 heterocycles. The second-order valence-electron chi connectivity index (χ2n) is 5.43. The maximum atomic E-state index is 13.7. The number of carbonyl (C=O) groups excluding carboxylic acids is 1. The van der Waals surface area contributed by atoms with Crippen molar-refractivity contribution in [1.29, 1.82) is 0 Å². The van der Waals surface area contributed by atoms with Gasteiger partial charge in [-0.25, -0.2) is 13.2 Å². The van der Waals surface area contributed by atoms with E-state index in [4.69, 9.17) is 4.74 Å². The first-order valence-electron chi connectivity index (χ1n) is 7.34. The van der Waals surface area contributed by atoms with Crippen molar-refractivity contribution in [2.75, 3.05) is 5.32 Å². The van der Waals surface area contributed by atoms with Crippen LogP contribution in [0.4, 0.5) is 18.9 Å². The largest absolute Gasteiger partial charge is 0.488 e. The summed E-state index contributed by atoms with van der Waals surface area (Å²) in [6, 6.07) is 10.9. The summed E-state index contributed by atoms with van der Waals surface area (Å²) >= 11 is 1.24. The van der Waals surface area contributed by atoms with Crippen LogP contribution in [0.1, 0.15) is 15.2 Å². The number of hydrogen-bond donors (Lipinski definition) is 1. The average Bonchev–Trinajstić information content (AvgIpc) is 3.07. The molecule has 1 N–H and O–H groups in total. The third-order valence-electron chi connectivity index (χ3n) is 3.83. The van der Waals surface area contributed by atoms with Gasteiger partial charge in [-0.15, -0.1) is 11.3 Å². The first kappa shape index (κ1) is 15.7. The summed E-state index contributed by atoms with van der Waals surface area (Å²) in [6.07, 6.45) is 0. The number of benzene rings is 2. The van der Waals surface area contributed by atoms with Crippen molar-refractivity contribution in [3.8, 4) is 16.2 Å². The lowest BCUT2D eigenvalue weighted by Crippen LogP contribution is -2.12. The molecule has 3 nitrogen and oxygen atoms in total. The van der Waals surface area contributed by atoms with Gasteiger partial charge in [-0.2, -0.15) is 0 Å². The summed E-state index contributed by atoms with van der Waals surface area (Å²) in [5, 5.41) is 2.28. The van der Waals surface area contributed by atoms with Gasteiger partial charge in [0.2, 0.25) is 0 Å². The molecule has 0 atom stereocenters. The molecule has 3 aromatic rings. The molecule has 1 amide bonds. The fourth-order valence-corrected chi connectivity index (χ4v) is 3.71. The molecule has 126 valence electrons. The lowest BCUT2D eigenvalue weighted by Gasteiger charge is -2.16. The van der Waals surface area contributed by atoms with Crippen LogP contribution < -0.4 is 10.1 Å². The number of amides is 1. The van der Waals surface area contributed by atoms with E-state index in [1.807, 2.05) is 24.3 Å². The third-order valence-corrected chi connectivity index (χ3v) is 5.04. The zero-order chi connectivity index (χ0) is 17.6. The average molecular weight is 361 g/mol. The number of hydrogen-bond acceptors (Lipinski definition) is 3. The molecule has 1 aliphatic heterocycles. The van der Waals surface area contributed by atoms with Crippen molar-refractivity contribution < 1.29 is 22.7 Å². The Balaban J connectivity index is 1.65. The number of para-hydroxylation sites is 1. The van der Waals surface area contributed by atoms with Gasteiger partial charge in [0, 0.05) is 16.0 Å². The number of halogens is 3. The first-order chi connectivity index (χ1) is 12.0. The zero-order valence-corrected chi connectivity index (χ0v) is 13.4. The SMILES string of the molecule is O=C(Nc1ccc(F)c(F)c1F)c1cc2c(s1)-c1ccccc1OC2. The number of ether oxygens (including phenoxy) is 1. The van der Waals surface area contributed by atoms with Crippen LogP contribution in [0.2, 0.25) is 0 Å². The van der Waals surface area contributed by atoms with E-state index in [1.165, 1.54) is 11.3 Å². The molecule has 0 saturated heterocycles. The molecule has 4 rings (SSSR count). The van der Waals surface area contributed by atoms with Crippen LogP contribution in [0.15, 0.2) is 42.5 Å². The van der Waals surface area contributed by atoms with Crippen molar-refractivity contribution in [1.82, 2.24) is 0 Å². The monoisotopic (exact) mass is 361 g/mol. The molecule has 0 spiro atoms. The fourth-order valence-electron chi connectivity index (χ4n) is 2.62. The van der Waals surface area contributed by atoms with Gasteiger partial charge >= 0.3 is 0 Å². The number of carbonyl (C=O) groups is 1. The molecule has 25 heavy (non-hydrogen) atoms. The minimum absolute atomic E-state index is 0.328. The molecule has 1 aliphatic rings. The standard InChI is InChI=1S/C18H10F3NO2S/c19-11-5-6-12(16(21)15(11)20)22-18(23)14-7-9-8-24-13-4-2-1-3-10(13)17(9)25-14/h1-7H,8H2,(H,22,23). The Morgan fingerprint density at radius 2 is 1.88 bits per heavy atom. The molecule has 0 aliphatic carbocycles. The van der Waals surface area contributed by atoms with Crippen LogP contribution in [0.25, 0.3) is 10.4 Å². The highest BCUT2D eigenvalue weighted by molar-refractivity contribution is 7.17. The minimum Gasteiger partial charge on any atom is -0.488 e. The molecule has 0 unspecified atom stereocenters. The highest BCUT2D eigenvalue weighted by Gasteiger charge is 2.23. The van der Waals surface area contributed by atoms with Gasteiger partial charge in [-0.1, -0.05) is 12.1 Å². The van der Waals surface area contributed by atoms with Crippen LogP contribution in [-0.2, 0) is 6.61 Å². The van der Waals surface area contributed by atoms with E-state index in [0.29, 0.717) is 11.5 Å². The van der Waals surface area contributed by atoms with Crippen molar-refractivity contribution in [3.05, 3.63) is 70.4 Å². The van der Waals surface area contributed by atoms with Gasteiger partial charge < -0.3 is 10.1 Å². The van der Waals surface area contributed by atoms with Crippen LogP contribution in [-0.4, -0.2) is 5.91 Å². The van der Waals surface area contributed by atoms with Crippen molar-refractivity contribution >= 4 is 22.9 Å². The summed E-state index contributed by atoms with van der Waals surface area (Å²) in [4.78, 5) is 13.6. The molecule has 0 saturated carbocycles. The van der Waals surface area contributed by atoms with Crippen LogP contribution in [0.5, 0.6) is 5.75 Å². The lowest BCUT2D eigenvalue weighted by molar-refractivity contribution is 0.103. The minimum atomic E-state index is -1.62. The smallest absolute Gasteiger partial charge is 0.265 e. The van der Waals surface area contributed by atoms with E-state index in [-0.39, 0.29) is 0 Å². The molecule has 1 aromatic heterocycles. The number of anilines is 1. The number of nitrogens with one attached hydrogen (secondary N) is 1. The molecule has 0 fully saturated rings. The summed E-state index contributed by atoms with van der Waals surface area (Å²) < 4.78 is 45.6. The van der Waals surface area contributed by atoms with E-state index >= 15 is 0 Å². The number of fused-ring (bicyclic) bond motifs is 3. The van der Waals surface area contributed by atoms with Gasteiger partial charge in [0.05, 0.1) is 10.6 Å². The predicted molar refractivity (Wildman–Crippen MR) is 88.4 cm³/mol. The molecule has 0 radical (unpaired) electrons. The summed E-state index contributed by atoms with van der Waals surface area (Å²) in [6.45, 7) is 0.329. The Morgan fingerprint density at radius 3 is 2.72 bits per heavy atom. The second kappa shape index (κ2) is 5.93. The number of thiophene rings is 1. The Kier molecular flexibility index (Phi) is 3.73. The quantitative estimate of drug-likeness (QED) is 0.654. The Morgan fingerprint density at radius 1 is 1.08 bits per heavy atom. The van der Waals surface area contributed by atoms with Gasteiger partial charge in [0.15, 0.2) is 17.5 Å². The normalized spacial score (nSPS) is 12.1. The molecule has 0 bridgehead atoms. The topological polar surface area (TPSA) is 38.3 Å². The predicted octanol–water partition coefficient (Wildman–Crippen LogP) is 4.98. The maximum absolute atomic E-state index is 13.7. The summed E-state index contributed by atoms with van der Waals surface area (Å²) in [7, 11) is 0. The highest BCUT2D eigenvalue weighted by Crippen LogP contribution is 2.42. The van der Waals surface area contributed by atoms with Crippen molar-refractivity contribution in [3.63, 3.8) is 0 Å². The van der Waals surface area contributed by atoms with E-state index in [0.717, 1.165) is 33.9 Å². The zero-order valence-electron chi connectivity index (χ0n) is 12.6. The first-order valence-corrected chi connectivity index (χ1v) is 8.16. The molecular weight excluding hydrogens is 351 g/mol. The summed E-state index contributed by atoms with van der Waals surface area (Å²) in [5.74, 6) is -4.22. The summed E-state index contributed by atoms with van der Waals surface area (Å²) in [5.41, 5.74) is 1.32. The van der Waals surface area contributed by atoms with Crippen LogP contribution in [0, 0.1) is 17.5 Å². The number of rotatable bonds is 2. The van der Waals surface area contributed by atoms with E-state index in [1.54, 1.807) is 6.07 Å². The molecular formula is C18H10F3NO2S. The fraction of sp³-hybridized carbons (Fsp3) is 0.0556. The lowest BCUT2D eigenvalue weighted by atomic mass is 10.1. The van der Waals surface area contributed by atoms with E-state index < -0.39 is 29.0 Å². The van der Waals surface area contributed by atoms with Crippen molar-refractivity contribution in [2.24, 2.45) is 0 Å². The highest BCUT2D eigenvalue weighted by atomic mass is 32.1. The third kappa shape index (κ3) is 2.66. The van der Waals surface area contributed by atoms with Crippen molar-refractivity contribution in [2.45, 2.75) is 6.61 Å². The van der Waals surface area contributed by atoms with Crippen LogP contribution in [0.3, 0.4) is 0 Å². The Labute approximate surface area is 144 Å².